The number of hydrogen-bond acceptors (Lipinski definition) is 4. The lowest BCUT2D eigenvalue weighted by atomic mass is 10.1. The number of nitrogens with zero attached hydrogens (tertiary/aromatic N) is 2. The van der Waals surface area contributed by atoms with Crippen molar-refractivity contribution >= 4 is 5.69 Å². The normalized spacial score (nSPS) is 10.4. The van der Waals surface area contributed by atoms with Gasteiger partial charge in [0.05, 0.1) is 4.92 Å². The number of non-ortho nitro benzene ring substituents is 1. The maximum Gasteiger partial charge on any atom is 0.269 e. The van der Waals surface area contributed by atoms with Crippen molar-refractivity contribution in [1.82, 2.24) is 15.5 Å². The molecule has 2 rings (SSSR count). The molecule has 0 aliphatic heterocycles. The average molecular weight is 246 g/mol. The van der Waals surface area contributed by atoms with E-state index < -0.39 is 0 Å². The Balaban J connectivity index is 1.75. The van der Waals surface area contributed by atoms with Crippen molar-refractivity contribution in [3.63, 3.8) is 0 Å². The summed E-state index contributed by atoms with van der Waals surface area (Å²) in [5.41, 5.74) is 2.25. The molecule has 0 unspecified atom stereocenters. The minimum absolute atomic E-state index is 0.129. The number of benzene rings is 1. The smallest absolute Gasteiger partial charge is 0.269 e. The predicted molar refractivity (Wildman–Crippen MR) is 67.1 cm³/mol. The van der Waals surface area contributed by atoms with Crippen LogP contribution >= 0.6 is 0 Å². The number of aromatic amines is 1. The molecule has 18 heavy (non-hydrogen) atoms. The zero-order valence-corrected chi connectivity index (χ0v) is 9.80. The van der Waals surface area contributed by atoms with Crippen LogP contribution in [0.5, 0.6) is 0 Å². The highest BCUT2D eigenvalue weighted by Gasteiger charge is 2.03. The summed E-state index contributed by atoms with van der Waals surface area (Å²) in [6, 6.07) is 8.55. The van der Waals surface area contributed by atoms with Gasteiger partial charge in [0.25, 0.3) is 5.69 Å². The van der Waals surface area contributed by atoms with Gasteiger partial charge < -0.3 is 5.32 Å². The van der Waals surface area contributed by atoms with Gasteiger partial charge in [-0.15, -0.1) is 0 Å². The average Bonchev–Trinajstić information content (AvgIpc) is 2.88. The fourth-order valence-corrected chi connectivity index (χ4v) is 1.62. The summed E-state index contributed by atoms with van der Waals surface area (Å²) in [6.07, 6.45) is 2.56. The summed E-state index contributed by atoms with van der Waals surface area (Å²) in [7, 11) is 0. The third-order valence-corrected chi connectivity index (χ3v) is 2.61. The Morgan fingerprint density at radius 1 is 1.28 bits per heavy atom. The third-order valence-electron chi connectivity index (χ3n) is 2.61. The SMILES string of the molecule is O=[N+]([O-])c1ccc(CCNCc2ccn[nH]2)cc1. The molecule has 6 heteroatoms. The largest absolute Gasteiger partial charge is 0.311 e. The number of nitrogens with one attached hydrogen (secondary N) is 2. The molecule has 0 amide bonds. The summed E-state index contributed by atoms with van der Waals surface area (Å²) in [4.78, 5) is 10.1. The molecule has 94 valence electrons. The maximum absolute atomic E-state index is 10.5. The molecule has 6 nitrogen and oxygen atoms in total. The van der Waals surface area contributed by atoms with Gasteiger partial charge >= 0.3 is 0 Å². The van der Waals surface area contributed by atoms with E-state index in [1.54, 1.807) is 18.3 Å². The van der Waals surface area contributed by atoms with Crippen LogP contribution < -0.4 is 5.32 Å². The zero-order valence-electron chi connectivity index (χ0n) is 9.80. The Bertz CT molecular complexity index is 493. The minimum atomic E-state index is -0.389. The first-order valence-electron chi connectivity index (χ1n) is 5.68. The Morgan fingerprint density at radius 3 is 2.67 bits per heavy atom. The van der Waals surface area contributed by atoms with Gasteiger partial charge in [0, 0.05) is 30.6 Å². The second-order valence-electron chi connectivity index (χ2n) is 3.93. The molecule has 0 saturated heterocycles. The predicted octanol–water partition coefficient (Wildman–Crippen LogP) is 1.65. The van der Waals surface area contributed by atoms with Crippen LogP contribution in [0.4, 0.5) is 5.69 Å². The van der Waals surface area contributed by atoms with Crippen LogP contribution in [0.25, 0.3) is 0 Å². The first kappa shape index (κ1) is 12.3. The molecule has 2 aromatic rings. The van der Waals surface area contributed by atoms with Crippen molar-refractivity contribution in [2.45, 2.75) is 13.0 Å². The van der Waals surface area contributed by atoms with Crippen molar-refractivity contribution in [1.29, 1.82) is 0 Å². The molecule has 0 fully saturated rings. The summed E-state index contributed by atoms with van der Waals surface area (Å²) in [5.74, 6) is 0. The Morgan fingerprint density at radius 2 is 2.06 bits per heavy atom. The Labute approximate surface area is 104 Å². The molecule has 0 aliphatic rings. The number of hydrogen-bond donors (Lipinski definition) is 2. The highest BCUT2D eigenvalue weighted by Crippen LogP contribution is 2.11. The van der Waals surface area contributed by atoms with Crippen LogP contribution in [0.1, 0.15) is 11.3 Å². The number of H-pyrrole nitrogens is 1. The lowest BCUT2D eigenvalue weighted by Crippen LogP contribution is -2.16. The van der Waals surface area contributed by atoms with E-state index in [-0.39, 0.29) is 10.6 Å². The van der Waals surface area contributed by atoms with Crippen molar-refractivity contribution in [2.24, 2.45) is 0 Å². The molecule has 0 radical (unpaired) electrons. The molecule has 0 spiro atoms. The fraction of sp³-hybridized carbons (Fsp3) is 0.250. The number of nitro groups is 1. The minimum Gasteiger partial charge on any atom is -0.311 e. The highest BCUT2D eigenvalue weighted by molar-refractivity contribution is 5.32. The quantitative estimate of drug-likeness (QED) is 0.461. The molecule has 1 aromatic carbocycles. The van der Waals surface area contributed by atoms with E-state index in [2.05, 4.69) is 15.5 Å². The molecule has 1 heterocycles. The first-order valence-corrected chi connectivity index (χ1v) is 5.68. The lowest BCUT2D eigenvalue weighted by Gasteiger charge is -2.03. The first-order chi connectivity index (χ1) is 8.75. The van der Waals surface area contributed by atoms with E-state index >= 15 is 0 Å². The van der Waals surface area contributed by atoms with E-state index in [1.165, 1.54) is 12.1 Å². The highest BCUT2D eigenvalue weighted by atomic mass is 16.6. The topological polar surface area (TPSA) is 83.8 Å². The van der Waals surface area contributed by atoms with Crippen molar-refractivity contribution in [2.75, 3.05) is 6.54 Å². The van der Waals surface area contributed by atoms with E-state index in [0.29, 0.717) is 0 Å². The third kappa shape index (κ3) is 3.39. The van der Waals surface area contributed by atoms with Crippen LogP contribution in [0, 0.1) is 10.1 Å². The zero-order chi connectivity index (χ0) is 12.8. The molecular weight excluding hydrogens is 232 g/mol. The summed E-state index contributed by atoms with van der Waals surface area (Å²) >= 11 is 0. The number of nitro benzene ring substituents is 1. The van der Waals surface area contributed by atoms with Crippen molar-refractivity contribution in [3.05, 3.63) is 57.9 Å². The van der Waals surface area contributed by atoms with E-state index in [9.17, 15) is 10.1 Å². The summed E-state index contributed by atoms with van der Waals surface area (Å²) < 4.78 is 0. The molecule has 0 bridgehead atoms. The van der Waals surface area contributed by atoms with Crippen LogP contribution in [-0.2, 0) is 13.0 Å². The van der Waals surface area contributed by atoms with Crippen LogP contribution in [-0.4, -0.2) is 21.7 Å². The van der Waals surface area contributed by atoms with Crippen molar-refractivity contribution in [3.8, 4) is 0 Å². The second-order valence-corrected chi connectivity index (χ2v) is 3.93. The molecule has 0 aliphatic carbocycles. The Kier molecular flexibility index (Phi) is 4.03. The second kappa shape index (κ2) is 5.92. The van der Waals surface area contributed by atoms with Gasteiger partial charge in [0.2, 0.25) is 0 Å². The number of rotatable bonds is 6. The molecule has 2 N–H and O–H groups in total. The molecule has 0 atom stereocenters. The summed E-state index contributed by atoms with van der Waals surface area (Å²) in [6.45, 7) is 1.56. The van der Waals surface area contributed by atoms with Gasteiger partial charge in [0.15, 0.2) is 0 Å². The van der Waals surface area contributed by atoms with Crippen LogP contribution in [0.3, 0.4) is 0 Å². The van der Waals surface area contributed by atoms with Crippen LogP contribution in [0.15, 0.2) is 36.5 Å². The van der Waals surface area contributed by atoms with E-state index in [4.69, 9.17) is 0 Å². The van der Waals surface area contributed by atoms with E-state index in [1.807, 2.05) is 6.07 Å². The van der Waals surface area contributed by atoms with Gasteiger partial charge in [0.1, 0.15) is 0 Å². The molecule has 1 aromatic heterocycles. The number of aromatic nitrogens is 2. The van der Waals surface area contributed by atoms with Gasteiger partial charge in [-0.25, -0.2) is 0 Å². The van der Waals surface area contributed by atoms with Crippen molar-refractivity contribution < 1.29 is 4.92 Å². The summed E-state index contributed by atoms with van der Waals surface area (Å²) in [5, 5.41) is 20.5. The van der Waals surface area contributed by atoms with E-state index in [0.717, 1.165) is 30.8 Å². The monoisotopic (exact) mass is 246 g/mol. The van der Waals surface area contributed by atoms with Gasteiger partial charge in [-0.05, 0) is 24.6 Å². The van der Waals surface area contributed by atoms with Crippen LogP contribution in [0.2, 0.25) is 0 Å². The maximum atomic E-state index is 10.5. The van der Waals surface area contributed by atoms with Gasteiger partial charge in [-0.3, -0.25) is 15.2 Å². The molecular formula is C12H14N4O2. The van der Waals surface area contributed by atoms with Gasteiger partial charge in [-0.1, -0.05) is 12.1 Å². The standard InChI is InChI=1S/C12H14N4O2/c17-16(18)12-3-1-10(2-4-12)5-7-13-9-11-6-8-14-15-11/h1-4,6,8,13H,5,7,9H2,(H,14,15). The fourth-order valence-electron chi connectivity index (χ4n) is 1.62. The Hall–Kier alpha value is -2.21. The molecule has 0 saturated carbocycles. The lowest BCUT2D eigenvalue weighted by molar-refractivity contribution is -0.384. The van der Waals surface area contributed by atoms with Gasteiger partial charge in [-0.2, -0.15) is 5.10 Å².